The van der Waals surface area contributed by atoms with E-state index in [0.717, 1.165) is 24.8 Å². The Morgan fingerprint density at radius 2 is 1.84 bits per heavy atom. The Labute approximate surface area is 116 Å². The largest absolute Gasteiger partial charge is 0.315 e. The van der Waals surface area contributed by atoms with Crippen LogP contribution in [0.1, 0.15) is 39.5 Å². The second-order valence-corrected chi connectivity index (χ2v) is 8.82. The first kappa shape index (κ1) is 13.8. The number of hydrogen-bond donors (Lipinski definition) is 2. The van der Waals surface area contributed by atoms with E-state index >= 15 is 0 Å². The van der Waals surface area contributed by atoms with Crippen LogP contribution in [0.2, 0.25) is 0 Å². The Morgan fingerprint density at radius 3 is 2.42 bits per heavy atom. The Bertz CT molecular complexity index is 421. The number of rotatable bonds is 7. The molecule has 2 N–H and O–H groups in total. The summed E-state index contributed by atoms with van der Waals surface area (Å²) in [4.78, 5) is 0. The minimum Gasteiger partial charge on any atom is -0.315 e. The van der Waals surface area contributed by atoms with Gasteiger partial charge in [0.05, 0.1) is 5.25 Å². The van der Waals surface area contributed by atoms with Crippen LogP contribution in [0.25, 0.3) is 0 Å². The lowest BCUT2D eigenvalue weighted by molar-refractivity contribution is 0.456. The molecule has 3 aliphatic carbocycles. The lowest BCUT2D eigenvalue weighted by Crippen LogP contribution is -2.41. The van der Waals surface area contributed by atoms with Gasteiger partial charge in [-0.15, -0.1) is 0 Å². The van der Waals surface area contributed by atoms with E-state index in [-0.39, 0.29) is 11.3 Å². The van der Waals surface area contributed by atoms with Gasteiger partial charge in [-0.05, 0) is 62.8 Å². The van der Waals surface area contributed by atoms with Crippen molar-refractivity contribution in [2.24, 2.45) is 23.7 Å². The van der Waals surface area contributed by atoms with Crippen molar-refractivity contribution in [1.82, 2.24) is 10.0 Å². The van der Waals surface area contributed by atoms with Crippen molar-refractivity contribution in [3.63, 3.8) is 0 Å². The Balaban J connectivity index is 1.52. The zero-order valence-corrected chi connectivity index (χ0v) is 12.7. The summed E-state index contributed by atoms with van der Waals surface area (Å²) in [5, 5.41) is 2.86. The highest BCUT2D eigenvalue weighted by Gasteiger charge is 2.65. The van der Waals surface area contributed by atoms with E-state index in [1.54, 1.807) is 6.92 Å². The molecule has 4 nitrogen and oxygen atoms in total. The summed E-state index contributed by atoms with van der Waals surface area (Å²) in [6, 6.07) is 0.268. The molecule has 0 aliphatic heterocycles. The first-order valence-electron chi connectivity index (χ1n) is 7.76. The van der Waals surface area contributed by atoms with E-state index < -0.39 is 10.0 Å². The van der Waals surface area contributed by atoms with Crippen molar-refractivity contribution >= 4 is 10.0 Å². The van der Waals surface area contributed by atoms with Crippen molar-refractivity contribution in [1.29, 1.82) is 0 Å². The summed E-state index contributed by atoms with van der Waals surface area (Å²) in [5.74, 6) is 2.97. The summed E-state index contributed by atoms with van der Waals surface area (Å²) >= 11 is 0. The molecule has 0 heterocycles. The predicted molar refractivity (Wildman–Crippen MR) is 76.3 cm³/mol. The van der Waals surface area contributed by atoms with Crippen LogP contribution in [-0.2, 0) is 10.0 Å². The fourth-order valence-electron chi connectivity index (χ4n) is 4.38. The maximum absolute atomic E-state index is 12.3. The van der Waals surface area contributed by atoms with E-state index in [2.05, 4.69) is 17.0 Å². The summed E-state index contributed by atoms with van der Waals surface area (Å²) < 4.78 is 27.6. The highest BCUT2D eigenvalue weighted by Crippen LogP contribution is 2.65. The van der Waals surface area contributed by atoms with Crippen LogP contribution in [-0.4, -0.2) is 32.8 Å². The van der Waals surface area contributed by atoms with Crippen molar-refractivity contribution in [2.75, 3.05) is 13.1 Å². The van der Waals surface area contributed by atoms with Gasteiger partial charge < -0.3 is 5.32 Å². The molecule has 3 saturated carbocycles. The smallest absolute Gasteiger partial charge is 0.215 e. The van der Waals surface area contributed by atoms with Gasteiger partial charge in [0.15, 0.2) is 0 Å². The van der Waals surface area contributed by atoms with Crippen molar-refractivity contribution in [3.05, 3.63) is 0 Å². The van der Waals surface area contributed by atoms with Crippen LogP contribution in [0.5, 0.6) is 0 Å². The molecule has 0 aromatic carbocycles. The number of fused-ring (bicyclic) bond motifs is 5. The Morgan fingerprint density at radius 1 is 1.21 bits per heavy atom. The lowest BCUT2D eigenvalue weighted by Gasteiger charge is -2.16. The second-order valence-electron chi connectivity index (χ2n) is 6.69. The van der Waals surface area contributed by atoms with Gasteiger partial charge in [0, 0.05) is 12.6 Å². The zero-order chi connectivity index (χ0) is 13.6. The molecule has 19 heavy (non-hydrogen) atoms. The SMILES string of the molecule is CCCNCC(C)S(=O)(=O)NC1C2C3CCC(C3)C12. The highest BCUT2D eigenvalue weighted by molar-refractivity contribution is 7.90. The first-order chi connectivity index (χ1) is 9.04. The molecule has 0 amide bonds. The topological polar surface area (TPSA) is 58.2 Å². The summed E-state index contributed by atoms with van der Waals surface area (Å²) in [5.41, 5.74) is 0. The minimum absolute atomic E-state index is 0.268. The summed E-state index contributed by atoms with van der Waals surface area (Å²) in [7, 11) is -3.15. The van der Waals surface area contributed by atoms with Crippen molar-refractivity contribution in [3.8, 4) is 0 Å². The van der Waals surface area contributed by atoms with Gasteiger partial charge in [-0.2, -0.15) is 0 Å². The van der Waals surface area contributed by atoms with Gasteiger partial charge in [-0.1, -0.05) is 6.92 Å². The van der Waals surface area contributed by atoms with Crippen LogP contribution < -0.4 is 10.0 Å². The van der Waals surface area contributed by atoms with Crippen molar-refractivity contribution < 1.29 is 8.42 Å². The third kappa shape index (κ3) is 2.45. The van der Waals surface area contributed by atoms with Crippen LogP contribution in [0.4, 0.5) is 0 Å². The van der Waals surface area contributed by atoms with Gasteiger partial charge >= 0.3 is 0 Å². The Kier molecular flexibility index (Phi) is 3.65. The molecule has 3 fully saturated rings. The zero-order valence-electron chi connectivity index (χ0n) is 11.9. The monoisotopic (exact) mass is 286 g/mol. The summed E-state index contributed by atoms with van der Waals surface area (Å²) in [6.45, 7) is 5.33. The van der Waals surface area contributed by atoms with E-state index in [9.17, 15) is 8.42 Å². The number of sulfonamides is 1. The maximum atomic E-state index is 12.3. The average Bonchev–Trinajstić information content (AvgIpc) is 2.76. The molecule has 0 aromatic heterocycles. The third-order valence-corrected chi connectivity index (χ3v) is 7.25. The van der Waals surface area contributed by atoms with Crippen LogP contribution in [0, 0.1) is 23.7 Å². The molecule has 5 heteroatoms. The molecular formula is C14H26N2O2S. The normalized spacial score (nSPS) is 41.3. The molecule has 3 rings (SSSR count). The van der Waals surface area contributed by atoms with Gasteiger partial charge in [0.25, 0.3) is 0 Å². The van der Waals surface area contributed by atoms with E-state index in [0.29, 0.717) is 18.4 Å². The molecule has 110 valence electrons. The lowest BCUT2D eigenvalue weighted by atomic mass is 10.0. The molecule has 5 atom stereocenters. The molecule has 5 unspecified atom stereocenters. The molecular weight excluding hydrogens is 260 g/mol. The van der Waals surface area contributed by atoms with Gasteiger partial charge in [0.1, 0.15) is 0 Å². The van der Waals surface area contributed by atoms with E-state index in [1.165, 1.54) is 19.3 Å². The predicted octanol–water partition coefficient (Wildman–Crippen LogP) is 1.34. The number of nitrogens with one attached hydrogen (secondary N) is 2. The highest BCUT2D eigenvalue weighted by atomic mass is 32.2. The molecule has 0 saturated heterocycles. The molecule has 0 spiro atoms. The third-order valence-electron chi connectivity index (χ3n) is 5.42. The standard InChI is InChI=1S/C14H26N2O2S/c1-3-6-15-8-9(2)19(17,18)16-14-12-10-4-5-11(7-10)13(12)14/h9-16H,3-8H2,1-2H3. The van der Waals surface area contributed by atoms with Gasteiger partial charge in [0.2, 0.25) is 10.0 Å². The first-order valence-corrected chi connectivity index (χ1v) is 9.31. The fraction of sp³-hybridized carbons (Fsp3) is 1.00. The van der Waals surface area contributed by atoms with E-state index in [1.807, 2.05) is 0 Å². The quantitative estimate of drug-likeness (QED) is 0.694. The maximum Gasteiger partial charge on any atom is 0.215 e. The van der Waals surface area contributed by atoms with E-state index in [4.69, 9.17) is 0 Å². The Hall–Kier alpha value is -0.130. The molecule has 2 bridgehead atoms. The average molecular weight is 286 g/mol. The van der Waals surface area contributed by atoms with Crippen LogP contribution in [0.3, 0.4) is 0 Å². The number of hydrogen-bond acceptors (Lipinski definition) is 3. The second kappa shape index (κ2) is 5.01. The molecule has 3 aliphatic rings. The molecule has 0 aromatic rings. The summed E-state index contributed by atoms with van der Waals surface area (Å²) in [6.07, 6.45) is 5.06. The van der Waals surface area contributed by atoms with Gasteiger partial charge in [-0.3, -0.25) is 0 Å². The fourth-order valence-corrected chi connectivity index (χ4v) is 5.64. The van der Waals surface area contributed by atoms with Crippen molar-refractivity contribution in [2.45, 2.75) is 50.8 Å². The van der Waals surface area contributed by atoms with Gasteiger partial charge in [-0.25, -0.2) is 13.1 Å². The minimum atomic E-state index is -3.15. The van der Waals surface area contributed by atoms with Crippen LogP contribution >= 0.6 is 0 Å². The van der Waals surface area contributed by atoms with Crippen LogP contribution in [0.15, 0.2) is 0 Å². The molecule has 0 radical (unpaired) electrons.